The second-order valence-electron chi connectivity index (χ2n) is 4.47. The van der Waals surface area contributed by atoms with E-state index in [1.165, 1.54) is 37.6 Å². The van der Waals surface area contributed by atoms with Crippen molar-refractivity contribution in [2.24, 2.45) is 0 Å². The fourth-order valence-corrected chi connectivity index (χ4v) is 2.51. The number of rotatable bonds is 6. The van der Waals surface area contributed by atoms with Gasteiger partial charge in [0.25, 0.3) is 5.91 Å². The van der Waals surface area contributed by atoms with Crippen LogP contribution in [0.4, 0.5) is 0 Å². The molecule has 1 aromatic heterocycles. The van der Waals surface area contributed by atoms with E-state index in [9.17, 15) is 18.3 Å². The molecule has 0 saturated carbocycles. The average Bonchev–Trinajstić information content (AvgIpc) is 3.07. The third kappa shape index (κ3) is 3.73. The molecule has 3 N–H and O–H groups in total. The maximum absolute atomic E-state index is 11.9. The third-order valence-electron chi connectivity index (χ3n) is 3.02. The number of carbonyl (C=O) groups excluding carboxylic acids is 1. The summed E-state index contributed by atoms with van der Waals surface area (Å²) in [6, 6.07) is 8.72. The van der Waals surface area contributed by atoms with E-state index in [0.717, 1.165) is 0 Å². The third-order valence-corrected chi connectivity index (χ3v) is 4.45. The van der Waals surface area contributed by atoms with Gasteiger partial charge in [0.1, 0.15) is 11.9 Å². The number of aliphatic hydroxyl groups is 1. The van der Waals surface area contributed by atoms with E-state index in [-0.39, 0.29) is 11.4 Å². The summed E-state index contributed by atoms with van der Waals surface area (Å²) < 4.78 is 30.4. The minimum atomic E-state index is -3.53. The summed E-state index contributed by atoms with van der Waals surface area (Å²) >= 11 is 0. The van der Waals surface area contributed by atoms with E-state index >= 15 is 0 Å². The predicted octanol–water partition coefficient (Wildman–Crippen LogP) is 0.651. The van der Waals surface area contributed by atoms with E-state index in [2.05, 4.69) is 10.0 Å². The van der Waals surface area contributed by atoms with Gasteiger partial charge in [-0.15, -0.1) is 0 Å². The summed E-state index contributed by atoms with van der Waals surface area (Å²) in [5.74, 6) is -0.0604. The lowest BCUT2D eigenvalue weighted by Crippen LogP contribution is -2.28. The Bertz CT molecular complexity index is 723. The first-order chi connectivity index (χ1) is 10.4. The Labute approximate surface area is 128 Å². The minimum Gasteiger partial charge on any atom is -0.467 e. The largest absolute Gasteiger partial charge is 0.467 e. The number of amides is 1. The first-order valence-electron chi connectivity index (χ1n) is 6.47. The highest BCUT2D eigenvalue weighted by atomic mass is 32.2. The zero-order valence-corrected chi connectivity index (χ0v) is 12.6. The lowest BCUT2D eigenvalue weighted by Gasteiger charge is -2.10. The van der Waals surface area contributed by atoms with E-state index < -0.39 is 22.0 Å². The minimum absolute atomic E-state index is 0.0110. The molecule has 118 valence electrons. The zero-order chi connectivity index (χ0) is 16.2. The number of furan rings is 1. The van der Waals surface area contributed by atoms with Crippen molar-refractivity contribution in [3.8, 4) is 0 Å². The fraction of sp³-hybridized carbons (Fsp3) is 0.214. The number of aliphatic hydroxyl groups excluding tert-OH is 1. The highest BCUT2D eigenvalue weighted by Crippen LogP contribution is 2.13. The monoisotopic (exact) mass is 324 g/mol. The Hall–Kier alpha value is -2.16. The van der Waals surface area contributed by atoms with Crippen molar-refractivity contribution < 1.29 is 22.7 Å². The van der Waals surface area contributed by atoms with Gasteiger partial charge in [0, 0.05) is 5.56 Å². The van der Waals surface area contributed by atoms with Crippen molar-refractivity contribution in [3.05, 3.63) is 54.0 Å². The number of hydrogen-bond acceptors (Lipinski definition) is 5. The van der Waals surface area contributed by atoms with Gasteiger partial charge in [0.2, 0.25) is 10.0 Å². The van der Waals surface area contributed by atoms with Crippen molar-refractivity contribution in [2.45, 2.75) is 11.0 Å². The average molecular weight is 324 g/mol. The van der Waals surface area contributed by atoms with Crippen molar-refractivity contribution in [2.75, 3.05) is 13.6 Å². The van der Waals surface area contributed by atoms with E-state index in [0.29, 0.717) is 11.3 Å². The molecule has 0 saturated heterocycles. The van der Waals surface area contributed by atoms with Crippen LogP contribution in [0, 0.1) is 0 Å². The highest BCUT2D eigenvalue weighted by Gasteiger charge is 2.15. The van der Waals surface area contributed by atoms with E-state index in [1.807, 2.05) is 0 Å². The summed E-state index contributed by atoms with van der Waals surface area (Å²) in [7, 11) is -2.22. The molecule has 22 heavy (non-hydrogen) atoms. The number of nitrogens with one attached hydrogen (secondary N) is 2. The number of benzene rings is 1. The lowest BCUT2D eigenvalue weighted by molar-refractivity contribution is 0.0901. The quantitative estimate of drug-likeness (QED) is 0.723. The van der Waals surface area contributed by atoms with E-state index in [4.69, 9.17) is 4.42 Å². The first kappa shape index (κ1) is 16.2. The molecule has 8 heteroatoms. The summed E-state index contributed by atoms with van der Waals surface area (Å²) in [5.41, 5.74) is 0.293. The maximum atomic E-state index is 11.9. The molecule has 7 nitrogen and oxygen atoms in total. The normalized spacial score (nSPS) is 12.8. The van der Waals surface area contributed by atoms with Gasteiger partial charge in [-0.1, -0.05) is 0 Å². The Morgan fingerprint density at radius 2 is 1.95 bits per heavy atom. The second kappa shape index (κ2) is 6.73. The molecule has 2 aromatic rings. The molecule has 0 aliphatic heterocycles. The molecule has 0 aliphatic carbocycles. The Balaban J connectivity index is 1.98. The predicted molar refractivity (Wildman–Crippen MR) is 78.7 cm³/mol. The fourth-order valence-electron chi connectivity index (χ4n) is 1.78. The first-order valence-corrected chi connectivity index (χ1v) is 7.95. The van der Waals surface area contributed by atoms with Crippen molar-refractivity contribution in [3.63, 3.8) is 0 Å². The molecule has 0 fully saturated rings. The van der Waals surface area contributed by atoms with Crippen LogP contribution in [0.1, 0.15) is 22.2 Å². The van der Waals surface area contributed by atoms with Crippen LogP contribution in [0.15, 0.2) is 52.0 Å². The van der Waals surface area contributed by atoms with Gasteiger partial charge in [-0.05, 0) is 43.4 Å². The van der Waals surface area contributed by atoms with Crippen LogP contribution in [-0.4, -0.2) is 33.0 Å². The van der Waals surface area contributed by atoms with Crippen molar-refractivity contribution in [1.82, 2.24) is 10.0 Å². The van der Waals surface area contributed by atoms with Gasteiger partial charge in [0.05, 0.1) is 17.7 Å². The number of carbonyl (C=O) groups is 1. The Kier molecular flexibility index (Phi) is 4.96. The molecule has 0 radical (unpaired) electrons. The smallest absolute Gasteiger partial charge is 0.251 e. The van der Waals surface area contributed by atoms with Crippen LogP contribution in [0.3, 0.4) is 0 Å². The van der Waals surface area contributed by atoms with Crippen LogP contribution < -0.4 is 10.0 Å². The number of hydrogen-bond donors (Lipinski definition) is 3. The van der Waals surface area contributed by atoms with Crippen LogP contribution in [0.25, 0.3) is 0 Å². The summed E-state index contributed by atoms with van der Waals surface area (Å²) in [4.78, 5) is 12.0. The van der Waals surface area contributed by atoms with Gasteiger partial charge in [-0.3, -0.25) is 4.79 Å². The molecular weight excluding hydrogens is 308 g/mol. The molecule has 1 aromatic carbocycles. The second-order valence-corrected chi connectivity index (χ2v) is 6.36. The molecule has 1 heterocycles. The highest BCUT2D eigenvalue weighted by molar-refractivity contribution is 7.89. The molecular formula is C14H16N2O5S. The molecule has 1 amide bonds. The van der Waals surface area contributed by atoms with Crippen LogP contribution in [0.5, 0.6) is 0 Å². The SMILES string of the molecule is CNS(=O)(=O)c1ccc(C(=O)NCC(O)c2ccco2)cc1. The Morgan fingerprint density at radius 3 is 2.50 bits per heavy atom. The van der Waals surface area contributed by atoms with Gasteiger partial charge in [-0.25, -0.2) is 13.1 Å². The van der Waals surface area contributed by atoms with Crippen molar-refractivity contribution in [1.29, 1.82) is 0 Å². The van der Waals surface area contributed by atoms with Gasteiger partial charge in [-0.2, -0.15) is 0 Å². The molecule has 0 spiro atoms. The molecule has 2 rings (SSSR count). The molecule has 1 unspecified atom stereocenters. The summed E-state index contributed by atoms with van der Waals surface area (Å²) in [5, 5.41) is 12.3. The summed E-state index contributed by atoms with van der Waals surface area (Å²) in [6.07, 6.45) is 0.490. The van der Waals surface area contributed by atoms with Gasteiger partial charge < -0.3 is 14.8 Å². The molecule has 0 aliphatic rings. The van der Waals surface area contributed by atoms with Crippen molar-refractivity contribution >= 4 is 15.9 Å². The standard InChI is InChI=1S/C14H16N2O5S/c1-15-22(19,20)11-6-4-10(5-7-11)14(18)16-9-12(17)13-3-2-8-21-13/h2-8,12,15,17H,9H2,1H3,(H,16,18). The van der Waals surface area contributed by atoms with Crippen LogP contribution >= 0.6 is 0 Å². The molecule has 1 atom stereocenters. The van der Waals surface area contributed by atoms with Gasteiger partial charge >= 0.3 is 0 Å². The maximum Gasteiger partial charge on any atom is 0.251 e. The molecule has 0 bridgehead atoms. The topological polar surface area (TPSA) is 109 Å². The summed E-state index contributed by atoms with van der Waals surface area (Å²) in [6.45, 7) is -0.0110. The van der Waals surface area contributed by atoms with E-state index in [1.54, 1.807) is 12.1 Å². The number of sulfonamides is 1. The zero-order valence-electron chi connectivity index (χ0n) is 11.8. The lowest BCUT2D eigenvalue weighted by atomic mass is 10.2. The van der Waals surface area contributed by atoms with Gasteiger partial charge in [0.15, 0.2) is 0 Å². The van der Waals surface area contributed by atoms with Crippen LogP contribution in [-0.2, 0) is 10.0 Å². The Morgan fingerprint density at radius 1 is 1.27 bits per heavy atom. The van der Waals surface area contributed by atoms with Crippen LogP contribution in [0.2, 0.25) is 0 Å².